The van der Waals surface area contributed by atoms with Crippen LogP contribution in [0, 0.1) is 0 Å². The summed E-state index contributed by atoms with van der Waals surface area (Å²) in [5.74, 6) is 0.287. The van der Waals surface area contributed by atoms with Crippen molar-refractivity contribution in [3.63, 3.8) is 0 Å². The quantitative estimate of drug-likeness (QED) is 0.885. The normalized spacial score (nSPS) is 17.6. The lowest BCUT2D eigenvalue weighted by atomic mass is 9.78. The Labute approximate surface area is 122 Å². The molecule has 1 heterocycles. The van der Waals surface area contributed by atoms with Crippen molar-refractivity contribution in [1.29, 1.82) is 0 Å². The number of hydrogen-bond acceptors (Lipinski definition) is 4. The molecule has 1 aromatic carbocycles. The molecule has 0 spiro atoms. The zero-order chi connectivity index (χ0) is 14.2. The zero-order valence-corrected chi connectivity index (χ0v) is 12.5. The molecule has 0 saturated heterocycles. The van der Waals surface area contributed by atoms with Crippen molar-refractivity contribution in [3.8, 4) is 0 Å². The van der Waals surface area contributed by atoms with Crippen molar-refractivity contribution in [3.05, 3.63) is 52.4 Å². The van der Waals surface area contributed by atoms with Crippen LogP contribution in [0.3, 0.4) is 0 Å². The van der Waals surface area contributed by atoms with E-state index >= 15 is 0 Å². The molecule has 3 rings (SSSR count). The van der Waals surface area contributed by atoms with Crippen LogP contribution < -0.4 is 10.5 Å². The predicted molar refractivity (Wildman–Crippen MR) is 80.3 cm³/mol. The molecule has 0 radical (unpaired) electrons. The van der Waals surface area contributed by atoms with E-state index in [1.54, 1.807) is 11.4 Å². The Bertz CT molecular complexity index is 722. The molecule has 0 aliphatic heterocycles. The topological polar surface area (TPSA) is 72.2 Å². The molecule has 1 atom stereocenters. The minimum atomic E-state index is -3.41. The van der Waals surface area contributed by atoms with Crippen LogP contribution in [-0.2, 0) is 23.0 Å². The summed E-state index contributed by atoms with van der Waals surface area (Å²) in [5.41, 5.74) is 8.93. The maximum Gasteiger partial charge on any atom is 0.250 e. The second-order valence-corrected chi connectivity index (χ2v) is 7.83. The third-order valence-corrected chi connectivity index (χ3v) is 6.52. The largest absolute Gasteiger partial charge is 0.326 e. The second-order valence-electron chi connectivity index (χ2n) is 4.93. The van der Waals surface area contributed by atoms with Gasteiger partial charge in [0.15, 0.2) is 0 Å². The van der Waals surface area contributed by atoms with Crippen LogP contribution in [0.2, 0.25) is 0 Å². The first-order valence-corrected chi connectivity index (χ1v) is 8.81. The fourth-order valence-corrected chi connectivity index (χ4v) is 4.78. The number of benzene rings is 1. The third kappa shape index (κ3) is 2.52. The van der Waals surface area contributed by atoms with E-state index < -0.39 is 10.0 Å². The third-order valence-electron chi connectivity index (χ3n) is 3.61. The van der Waals surface area contributed by atoms with Crippen LogP contribution in [0.5, 0.6) is 0 Å². The first-order valence-electron chi connectivity index (χ1n) is 6.45. The van der Waals surface area contributed by atoms with Crippen LogP contribution >= 0.6 is 11.3 Å². The molecule has 1 unspecified atom stereocenters. The Hall–Kier alpha value is -1.21. The molecule has 2 aromatic rings. The highest BCUT2D eigenvalue weighted by Crippen LogP contribution is 2.34. The Balaban J connectivity index is 1.67. The van der Waals surface area contributed by atoms with Gasteiger partial charge in [0.1, 0.15) is 4.21 Å². The highest BCUT2D eigenvalue weighted by molar-refractivity contribution is 7.91. The number of nitrogens with one attached hydrogen (secondary N) is 1. The molecule has 1 aliphatic carbocycles. The zero-order valence-electron chi connectivity index (χ0n) is 10.9. The van der Waals surface area contributed by atoms with Gasteiger partial charge in [-0.15, -0.1) is 11.3 Å². The van der Waals surface area contributed by atoms with E-state index in [1.165, 1.54) is 22.5 Å². The van der Waals surface area contributed by atoms with E-state index in [1.807, 2.05) is 12.1 Å². The molecule has 3 N–H and O–H groups in total. The van der Waals surface area contributed by atoms with E-state index in [0.29, 0.717) is 17.3 Å². The van der Waals surface area contributed by atoms with E-state index in [9.17, 15) is 8.42 Å². The maximum absolute atomic E-state index is 12.2. The van der Waals surface area contributed by atoms with Gasteiger partial charge in [-0.2, -0.15) is 0 Å². The molecule has 106 valence electrons. The fourth-order valence-electron chi connectivity index (χ4n) is 2.43. The molecular formula is C14H16N2O2S2. The van der Waals surface area contributed by atoms with Gasteiger partial charge in [0, 0.05) is 19.0 Å². The van der Waals surface area contributed by atoms with Crippen molar-refractivity contribution < 1.29 is 8.42 Å². The van der Waals surface area contributed by atoms with E-state index in [-0.39, 0.29) is 5.92 Å². The van der Waals surface area contributed by atoms with Crippen molar-refractivity contribution in [2.75, 3.05) is 6.54 Å². The number of nitrogens with two attached hydrogens (primary N) is 1. The molecule has 0 fully saturated rings. The van der Waals surface area contributed by atoms with Gasteiger partial charge in [0.2, 0.25) is 10.0 Å². The van der Waals surface area contributed by atoms with Gasteiger partial charge < -0.3 is 5.73 Å². The summed E-state index contributed by atoms with van der Waals surface area (Å²) in [6.07, 6.45) is 0.942. The first kappa shape index (κ1) is 13.8. The van der Waals surface area contributed by atoms with Crippen molar-refractivity contribution in [2.24, 2.45) is 5.73 Å². The van der Waals surface area contributed by atoms with E-state index in [4.69, 9.17) is 5.73 Å². The van der Waals surface area contributed by atoms with Gasteiger partial charge in [-0.05, 0) is 34.6 Å². The first-order chi connectivity index (χ1) is 9.60. The minimum Gasteiger partial charge on any atom is -0.326 e. The Kier molecular flexibility index (Phi) is 3.64. The molecule has 0 bridgehead atoms. The molecule has 6 heteroatoms. The van der Waals surface area contributed by atoms with Crippen LogP contribution in [-0.4, -0.2) is 15.0 Å². The average molecular weight is 308 g/mol. The highest BCUT2D eigenvalue weighted by Gasteiger charge is 2.27. The van der Waals surface area contributed by atoms with Crippen molar-refractivity contribution in [1.82, 2.24) is 4.72 Å². The van der Waals surface area contributed by atoms with Gasteiger partial charge in [0.25, 0.3) is 0 Å². The van der Waals surface area contributed by atoms with Gasteiger partial charge in [-0.1, -0.05) is 24.3 Å². The van der Waals surface area contributed by atoms with Crippen LogP contribution in [0.25, 0.3) is 0 Å². The molecular weight excluding hydrogens is 292 g/mol. The van der Waals surface area contributed by atoms with Gasteiger partial charge >= 0.3 is 0 Å². The van der Waals surface area contributed by atoms with Crippen LogP contribution in [0.15, 0.2) is 39.9 Å². The average Bonchev–Trinajstić information content (AvgIpc) is 2.89. The predicted octanol–water partition coefficient (Wildman–Crippen LogP) is 1.82. The van der Waals surface area contributed by atoms with Crippen LogP contribution in [0.1, 0.15) is 22.6 Å². The van der Waals surface area contributed by atoms with Gasteiger partial charge in [0.05, 0.1) is 0 Å². The van der Waals surface area contributed by atoms with E-state index in [0.717, 1.165) is 12.0 Å². The van der Waals surface area contributed by atoms with Gasteiger partial charge in [-0.3, -0.25) is 0 Å². The van der Waals surface area contributed by atoms with Crippen molar-refractivity contribution >= 4 is 21.4 Å². The lowest BCUT2D eigenvalue weighted by Crippen LogP contribution is -2.32. The second kappa shape index (κ2) is 5.29. The molecule has 20 heavy (non-hydrogen) atoms. The highest BCUT2D eigenvalue weighted by atomic mass is 32.2. The fraction of sp³-hybridized carbons (Fsp3) is 0.286. The Morgan fingerprint density at radius 3 is 2.85 bits per heavy atom. The summed E-state index contributed by atoms with van der Waals surface area (Å²) in [6, 6.07) is 9.80. The number of fused-ring (bicyclic) bond motifs is 1. The molecule has 4 nitrogen and oxygen atoms in total. The van der Waals surface area contributed by atoms with Gasteiger partial charge in [-0.25, -0.2) is 13.1 Å². The Morgan fingerprint density at radius 1 is 1.35 bits per heavy atom. The minimum absolute atomic E-state index is 0.287. The maximum atomic E-state index is 12.2. The molecule has 1 aliphatic rings. The number of thiophene rings is 1. The number of hydrogen-bond donors (Lipinski definition) is 2. The van der Waals surface area contributed by atoms with Crippen molar-refractivity contribution in [2.45, 2.75) is 23.1 Å². The summed E-state index contributed by atoms with van der Waals surface area (Å²) >= 11 is 1.21. The SMILES string of the molecule is NCc1csc(S(=O)(=O)NCC2Cc3ccccc32)c1. The molecule has 0 saturated carbocycles. The number of rotatable bonds is 5. The smallest absolute Gasteiger partial charge is 0.250 e. The number of sulfonamides is 1. The standard InChI is InChI=1S/C14H16N2O2S2/c15-7-10-5-14(19-9-10)20(17,18)16-8-12-6-11-3-1-2-4-13(11)12/h1-5,9,12,16H,6-8,15H2. The summed E-state index contributed by atoms with van der Waals surface area (Å²) in [7, 11) is -3.41. The van der Waals surface area contributed by atoms with Crippen LogP contribution in [0.4, 0.5) is 0 Å². The Morgan fingerprint density at radius 2 is 2.15 bits per heavy atom. The summed E-state index contributed by atoms with van der Waals surface area (Å²) in [5, 5.41) is 1.78. The summed E-state index contributed by atoms with van der Waals surface area (Å²) < 4.78 is 27.4. The lowest BCUT2D eigenvalue weighted by molar-refractivity contribution is 0.553. The molecule has 0 amide bonds. The lowest BCUT2D eigenvalue weighted by Gasteiger charge is -2.29. The summed E-state index contributed by atoms with van der Waals surface area (Å²) in [6.45, 7) is 0.817. The monoisotopic (exact) mass is 308 g/mol. The summed E-state index contributed by atoms with van der Waals surface area (Å²) in [4.78, 5) is 0. The van der Waals surface area contributed by atoms with E-state index in [2.05, 4.69) is 16.9 Å². The molecule has 1 aromatic heterocycles.